The average molecular weight is 454 g/mol. The van der Waals surface area contributed by atoms with Gasteiger partial charge in [0.25, 0.3) is 5.91 Å². The number of aromatic amines is 1. The Morgan fingerprint density at radius 2 is 1.70 bits per heavy atom. The largest absolute Gasteiger partial charge is 0.434 e. The molecule has 11 heteroatoms. The van der Waals surface area contributed by atoms with Crippen molar-refractivity contribution >= 4 is 39.6 Å². The first-order valence-electron chi connectivity index (χ1n) is 9.66. The van der Waals surface area contributed by atoms with Crippen LogP contribution < -0.4 is 10.6 Å². The first-order valence-corrected chi connectivity index (χ1v) is 9.66. The molecule has 0 aliphatic heterocycles. The van der Waals surface area contributed by atoms with Crippen molar-refractivity contribution < 1.29 is 22.4 Å². The SMILES string of the molecule is O=C(Nc1ccc(Nc2cccc3nc(C(F)(F)F)cn23)cc1)c1cccc2c(F)n[nH]c12. The van der Waals surface area contributed by atoms with Crippen LogP contribution in [0.2, 0.25) is 0 Å². The third-order valence-electron chi connectivity index (χ3n) is 4.99. The highest BCUT2D eigenvalue weighted by Crippen LogP contribution is 2.30. The van der Waals surface area contributed by atoms with Crippen LogP contribution >= 0.6 is 0 Å². The number of imidazole rings is 1. The van der Waals surface area contributed by atoms with Gasteiger partial charge in [0.05, 0.1) is 16.5 Å². The molecule has 3 heterocycles. The number of anilines is 3. The summed E-state index contributed by atoms with van der Waals surface area (Å²) in [4.78, 5) is 16.2. The molecule has 0 fully saturated rings. The number of nitrogens with one attached hydrogen (secondary N) is 3. The summed E-state index contributed by atoms with van der Waals surface area (Å²) in [6.45, 7) is 0. The lowest BCUT2D eigenvalue weighted by atomic mass is 10.1. The molecular formula is C22H14F4N6O. The number of fused-ring (bicyclic) bond motifs is 2. The highest BCUT2D eigenvalue weighted by Gasteiger charge is 2.34. The Labute approximate surface area is 183 Å². The molecule has 0 saturated carbocycles. The minimum absolute atomic E-state index is 0.153. The van der Waals surface area contributed by atoms with Gasteiger partial charge in [-0.15, -0.1) is 5.10 Å². The van der Waals surface area contributed by atoms with Crippen molar-refractivity contribution in [2.45, 2.75) is 6.18 Å². The number of hydrogen-bond acceptors (Lipinski definition) is 4. The summed E-state index contributed by atoms with van der Waals surface area (Å²) < 4.78 is 53.9. The molecule has 5 rings (SSSR count). The highest BCUT2D eigenvalue weighted by molar-refractivity contribution is 6.11. The highest BCUT2D eigenvalue weighted by atomic mass is 19.4. The van der Waals surface area contributed by atoms with Crippen LogP contribution in [0, 0.1) is 5.95 Å². The first-order chi connectivity index (χ1) is 15.8. The van der Waals surface area contributed by atoms with Crippen molar-refractivity contribution in [2.24, 2.45) is 0 Å². The minimum Gasteiger partial charge on any atom is -0.341 e. The molecule has 0 unspecified atom stereocenters. The number of para-hydroxylation sites is 1. The summed E-state index contributed by atoms with van der Waals surface area (Å²) in [7, 11) is 0. The third kappa shape index (κ3) is 3.84. The predicted molar refractivity (Wildman–Crippen MR) is 114 cm³/mol. The number of halogens is 4. The normalized spacial score (nSPS) is 11.8. The maximum Gasteiger partial charge on any atom is 0.434 e. The molecule has 1 amide bonds. The molecular weight excluding hydrogens is 440 g/mol. The van der Waals surface area contributed by atoms with Crippen LogP contribution in [0.5, 0.6) is 0 Å². The van der Waals surface area contributed by atoms with Crippen LogP contribution in [-0.4, -0.2) is 25.5 Å². The van der Waals surface area contributed by atoms with Crippen LogP contribution in [0.3, 0.4) is 0 Å². The van der Waals surface area contributed by atoms with Crippen LogP contribution in [0.25, 0.3) is 16.6 Å². The van der Waals surface area contributed by atoms with Crippen LogP contribution in [-0.2, 0) is 6.18 Å². The molecule has 3 N–H and O–H groups in total. The Hall–Kier alpha value is -4.41. The van der Waals surface area contributed by atoms with Gasteiger partial charge in [-0.3, -0.25) is 14.3 Å². The summed E-state index contributed by atoms with van der Waals surface area (Å²) in [5.41, 5.74) is 0.752. The van der Waals surface area contributed by atoms with Gasteiger partial charge in [-0.2, -0.15) is 17.6 Å². The number of rotatable bonds is 4. The molecule has 33 heavy (non-hydrogen) atoms. The van der Waals surface area contributed by atoms with E-state index in [1.54, 1.807) is 48.5 Å². The van der Waals surface area contributed by atoms with Gasteiger partial charge in [0.2, 0.25) is 5.95 Å². The van der Waals surface area contributed by atoms with Crippen molar-refractivity contribution in [3.63, 3.8) is 0 Å². The van der Waals surface area contributed by atoms with Gasteiger partial charge >= 0.3 is 6.18 Å². The quantitative estimate of drug-likeness (QED) is 0.319. The Morgan fingerprint density at radius 3 is 2.45 bits per heavy atom. The van der Waals surface area contributed by atoms with E-state index in [1.807, 2.05) is 0 Å². The Morgan fingerprint density at radius 1 is 0.970 bits per heavy atom. The number of amides is 1. The molecule has 7 nitrogen and oxygen atoms in total. The molecule has 0 aliphatic rings. The van der Waals surface area contributed by atoms with Crippen molar-refractivity contribution in [2.75, 3.05) is 10.6 Å². The second-order valence-corrected chi connectivity index (χ2v) is 7.16. The van der Waals surface area contributed by atoms with E-state index in [2.05, 4.69) is 25.8 Å². The van der Waals surface area contributed by atoms with Gasteiger partial charge in [0.1, 0.15) is 11.5 Å². The zero-order valence-electron chi connectivity index (χ0n) is 16.6. The van der Waals surface area contributed by atoms with Crippen LogP contribution in [0.4, 0.5) is 34.8 Å². The molecule has 0 saturated heterocycles. The number of carbonyl (C=O) groups excluding carboxylic acids is 1. The van der Waals surface area contributed by atoms with Gasteiger partial charge in [-0.05, 0) is 48.5 Å². The fourth-order valence-corrected chi connectivity index (χ4v) is 3.43. The maximum atomic E-state index is 13.7. The molecule has 0 bridgehead atoms. The van der Waals surface area contributed by atoms with E-state index >= 15 is 0 Å². The summed E-state index contributed by atoms with van der Waals surface area (Å²) in [6, 6.07) is 15.9. The second kappa shape index (κ2) is 7.62. The lowest BCUT2D eigenvalue weighted by Gasteiger charge is -2.10. The second-order valence-electron chi connectivity index (χ2n) is 7.16. The number of aromatic nitrogens is 4. The monoisotopic (exact) mass is 454 g/mol. The van der Waals surface area contributed by atoms with E-state index in [4.69, 9.17) is 0 Å². The van der Waals surface area contributed by atoms with E-state index < -0.39 is 23.7 Å². The van der Waals surface area contributed by atoms with Crippen molar-refractivity contribution in [3.8, 4) is 0 Å². The fourth-order valence-electron chi connectivity index (χ4n) is 3.43. The van der Waals surface area contributed by atoms with Gasteiger partial charge in [0.15, 0.2) is 5.69 Å². The van der Waals surface area contributed by atoms with Gasteiger partial charge in [0, 0.05) is 17.6 Å². The summed E-state index contributed by atoms with van der Waals surface area (Å²) in [5, 5.41) is 12.0. The standard InChI is InChI=1S/C22H14F4N6O/c23-20-14-3-1-4-15(19(14)30-31-20)21(33)28-13-9-7-12(8-10-13)27-17-5-2-6-18-29-16(11-32(17)18)22(24,25)26/h1-11,27H,(H,28,33)(H,30,31). The van der Waals surface area contributed by atoms with Crippen LogP contribution in [0.15, 0.2) is 66.9 Å². The topological polar surface area (TPSA) is 87.1 Å². The van der Waals surface area contributed by atoms with Crippen molar-refractivity contribution in [1.29, 1.82) is 0 Å². The fraction of sp³-hybridized carbons (Fsp3) is 0.0455. The lowest BCUT2D eigenvalue weighted by Crippen LogP contribution is -2.12. The van der Waals surface area contributed by atoms with E-state index in [9.17, 15) is 22.4 Å². The molecule has 3 aromatic heterocycles. The predicted octanol–water partition coefficient (Wildman–Crippen LogP) is 5.36. The number of nitrogens with zero attached hydrogens (tertiary/aromatic N) is 3. The maximum absolute atomic E-state index is 13.7. The Balaban J connectivity index is 1.35. The van der Waals surface area contributed by atoms with Crippen molar-refractivity contribution in [1.82, 2.24) is 19.6 Å². The molecule has 0 radical (unpaired) electrons. The lowest BCUT2D eigenvalue weighted by molar-refractivity contribution is -0.140. The molecule has 0 aliphatic carbocycles. The molecule has 166 valence electrons. The molecule has 0 atom stereocenters. The number of benzene rings is 2. The third-order valence-corrected chi connectivity index (χ3v) is 4.99. The van der Waals surface area contributed by atoms with E-state index in [0.29, 0.717) is 17.2 Å². The summed E-state index contributed by atoms with van der Waals surface area (Å²) in [5.74, 6) is -0.751. The zero-order valence-corrected chi connectivity index (χ0v) is 16.6. The van der Waals surface area contributed by atoms with Gasteiger partial charge in [-0.25, -0.2) is 4.98 Å². The summed E-state index contributed by atoms with van der Waals surface area (Å²) in [6.07, 6.45) is -3.62. The van der Waals surface area contributed by atoms with Crippen LogP contribution in [0.1, 0.15) is 16.1 Å². The van der Waals surface area contributed by atoms with Gasteiger partial charge < -0.3 is 10.6 Å². The minimum atomic E-state index is -4.55. The Kier molecular flexibility index (Phi) is 4.73. The van der Waals surface area contributed by atoms with Crippen molar-refractivity contribution in [3.05, 3.63) is 84.1 Å². The molecule has 5 aromatic rings. The van der Waals surface area contributed by atoms with E-state index in [0.717, 1.165) is 6.20 Å². The number of pyridine rings is 1. The smallest absolute Gasteiger partial charge is 0.341 e. The van der Waals surface area contributed by atoms with E-state index in [-0.39, 0.29) is 22.1 Å². The number of carbonyl (C=O) groups is 1. The first kappa shape index (κ1) is 20.5. The zero-order chi connectivity index (χ0) is 23.2. The van der Waals surface area contributed by atoms with Gasteiger partial charge in [-0.1, -0.05) is 12.1 Å². The number of H-pyrrole nitrogens is 1. The van der Waals surface area contributed by atoms with E-state index in [1.165, 1.54) is 16.5 Å². The summed E-state index contributed by atoms with van der Waals surface area (Å²) >= 11 is 0. The average Bonchev–Trinajstić information content (AvgIpc) is 3.40. The number of hydrogen-bond donors (Lipinski definition) is 3. The Bertz CT molecular complexity index is 1490. The molecule has 0 spiro atoms. The molecule has 2 aromatic carbocycles. The number of alkyl halides is 3.